The van der Waals surface area contributed by atoms with Crippen LogP contribution in [-0.2, 0) is 0 Å². The second-order valence-corrected chi connectivity index (χ2v) is 11.2. The van der Waals surface area contributed by atoms with Crippen molar-refractivity contribution in [3.8, 4) is 0 Å². The van der Waals surface area contributed by atoms with E-state index in [4.69, 9.17) is 0 Å². The molecule has 0 aromatic heterocycles. The highest BCUT2D eigenvalue weighted by Gasteiger charge is 2.27. The molecule has 0 amide bonds. The topological polar surface area (TPSA) is 0 Å². The Balaban J connectivity index is 4.11. The van der Waals surface area contributed by atoms with Crippen LogP contribution in [-0.4, -0.2) is 8.07 Å². The van der Waals surface area contributed by atoms with E-state index in [2.05, 4.69) is 41.5 Å². The van der Waals surface area contributed by atoms with Gasteiger partial charge in [-0.2, -0.15) is 0 Å². The molecule has 0 saturated carbocycles. The zero-order valence-electron chi connectivity index (χ0n) is 10.5. The fraction of sp³-hybridized carbons (Fsp3) is 1.00. The fourth-order valence-corrected chi connectivity index (χ4v) is 5.76. The summed E-state index contributed by atoms with van der Waals surface area (Å²) in [6.45, 7) is 14.3. The van der Waals surface area contributed by atoms with E-state index in [-0.39, 0.29) is 0 Å². The summed E-state index contributed by atoms with van der Waals surface area (Å²) in [5, 5.41) is 0. The van der Waals surface area contributed by atoms with Crippen molar-refractivity contribution >= 4 is 8.07 Å². The van der Waals surface area contributed by atoms with Gasteiger partial charge in [0.05, 0.1) is 8.07 Å². The van der Waals surface area contributed by atoms with Crippen molar-refractivity contribution < 1.29 is 0 Å². The average molecular weight is 200 g/mol. The van der Waals surface area contributed by atoms with Crippen LogP contribution in [0, 0.1) is 5.41 Å². The second-order valence-electron chi connectivity index (χ2n) is 5.62. The van der Waals surface area contributed by atoms with Gasteiger partial charge in [-0.05, 0) is 5.41 Å². The monoisotopic (exact) mass is 200 g/mol. The maximum Gasteiger partial charge on any atom is 0.0527 e. The second kappa shape index (κ2) is 5.19. The largest absolute Gasteiger partial charge is 0.0678 e. The number of hydrogen-bond acceptors (Lipinski definition) is 0. The average Bonchev–Trinajstić information content (AvgIpc) is 2.06. The van der Waals surface area contributed by atoms with E-state index >= 15 is 0 Å². The Morgan fingerprint density at radius 1 is 0.846 bits per heavy atom. The number of hydrogen-bond donors (Lipinski definition) is 0. The first-order chi connectivity index (χ1) is 5.89. The molecule has 0 bridgehead atoms. The molecule has 0 saturated heterocycles. The normalized spacial score (nSPS) is 13.4. The lowest BCUT2D eigenvalue weighted by Gasteiger charge is -2.31. The van der Waals surface area contributed by atoms with Crippen LogP contribution in [0.2, 0.25) is 24.2 Å². The Hall–Kier alpha value is 0.217. The van der Waals surface area contributed by atoms with E-state index in [1.807, 2.05) is 0 Å². The Morgan fingerprint density at radius 3 is 1.46 bits per heavy atom. The van der Waals surface area contributed by atoms with Crippen molar-refractivity contribution in [2.24, 2.45) is 5.41 Å². The Bertz CT molecular complexity index is 120. The van der Waals surface area contributed by atoms with Crippen molar-refractivity contribution in [2.75, 3.05) is 0 Å². The van der Waals surface area contributed by atoms with Crippen LogP contribution in [0.15, 0.2) is 0 Å². The molecular weight excluding hydrogens is 172 g/mol. The summed E-state index contributed by atoms with van der Waals surface area (Å²) in [7, 11) is -0.827. The molecule has 0 rings (SSSR count). The smallest absolute Gasteiger partial charge is 0.0527 e. The molecule has 0 N–H and O–H groups in total. The highest BCUT2D eigenvalue weighted by Crippen LogP contribution is 2.32. The molecule has 0 aromatic carbocycles. The van der Waals surface area contributed by atoms with Gasteiger partial charge < -0.3 is 0 Å². The van der Waals surface area contributed by atoms with Gasteiger partial charge in [-0.3, -0.25) is 0 Å². The third-order valence-electron chi connectivity index (χ3n) is 3.66. The van der Waals surface area contributed by atoms with E-state index in [1.165, 1.54) is 24.6 Å². The summed E-state index contributed by atoms with van der Waals surface area (Å²) in [5.41, 5.74) is 0.539. The van der Waals surface area contributed by atoms with Gasteiger partial charge in [-0.15, -0.1) is 0 Å². The molecule has 80 valence electrons. The minimum atomic E-state index is -0.827. The van der Waals surface area contributed by atoms with Crippen LogP contribution in [0.1, 0.15) is 48.0 Å². The van der Waals surface area contributed by atoms with Crippen LogP contribution in [0.5, 0.6) is 0 Å². The summed E-state index contributed by atoms with van der Waals surface area (Å²) in [4.78, 5) is 0. The maximum absolute atomic E-state index is 2.40. The van der Waals surface area contributed by atoms with Gasteiger partial charge in [-0.25, -0.2) is 0 Å². The summed E-state index contributed by atoms with van der Waals surface area (Å²) >= 11 is 0. The first kappa shape index (κ1) is 13.2. The summed E-state index contributed by atoms with van der Waals surface area (Å²) < 4.78 is 0. The zero-order chi connectivity index (χ0) is 10.5. The summed E-state index contributed by atoms with van der Waals surface area (Å²) in [6, 6.07) is 5.99. The SMILES string of the molecule is CC[Si](CC)(CC)CCC(C)(C)C. The lowest BCUT2D eigenvalue weighted by molar-refractivity contribution is 0.394. The molecule has 0 aliphatic heterocycles. The van der Waals surface area contributed by atoms with E-state index in [0.29, 0.717) is 5.41 Å². The molecule has 0 aromatic rings. The minimum absolute atomic E-state index is 0.539. The van der Waals surface area contributed by atoms with Gasteiger partial charge in [0.15, 0.2) is 0 Å². The van der Waals surface area contributed by atoms with Crippen molar-refractivity contribution in [1.29, 1.82) is 0 Å². The van der Waals surface area contributed by atoms with Gasteiger partial charge in [-0.1, -0.05) is 72.1 Å². The van der Waals surface area contributed by atoms with Crippen molar-refractivity contribution in [3.05, 3.63) is 0 Å². The molecule has 0 nitrogen and oxygen atoms in total. The van der Waals surface area contributed by atoms with Gasteiger partial charge in [0, 0.05) is 0 Å². The Kier molecular flexibility index (Phi) is 5.27. The molecule has 0 fully saturated rings. The highest BCUT2D eigenvalue weighted by molar-refractivity contribution is 6.79. The Morgan fingerprint density at radius 2 is 1.23 bits per heavy atom. The maximum atomic E-state index is 2.40. The van der Waals surface area contributed by atoms with Gasteiger partial charge in [0.25, 0.3) is 0 Å². The van der Waals surface area contributed by atoms with Gasteiger partial charge in [0.2, 0.25) is 0 Å². The van der Waals surface area contributed by atoms with Gasteiger partial charge >= 0.3 is 0 Å². The summed E-state index contributed by atoms with van der Waals surface area (Å²) in [5.74, 6) is 0. The molecule has 13 heavy (non-hydrogen) atoms. The van der Waals surface area contributed by atoms with Crippen LogP contribution < -0.4 is 0 Å². The van der Waals surface area contributed by atoms with Crippen molar-refractivity contribution in [3.63, 3.8) is 0 Å². The fourth-order valence-electron chi connectivity index (χ4n) is 1.92. The van der Waals surface area contributed by atoms with E-state index in [1.54, 1.807) is 6.04 Å². The molecular formula is C12H28Si. The lowest BCUT2D eigenvalue weighted by atomic mass is 9.94. The number of rotatable bonds is 5. The molecule has 0 unspecified atom stereocenters. The molecule has 0 spiro atoms. The predicted molar refractivity (Wildman–Crippen MR) is 66.1 cm³/mol. The third kappa shape index (κ3) is 4.85. The zero-order valence-corrected chi connectivity index (χ0v) is 11.5. The molecule has 0 radical (unpaired) electrons. The predicted octanol–water partition coefficient (Wildman–Crippen LogP) is 4.93. The molecule has 0 atom stereocenters. The standard InChI is InChI=1S/C12H28Si/c1-7-13(8-2,9-3)11-10-12(4,5)6/h7-11H2,1-6H3. The molecule has 0 aliphatic carbocycles. The van der Waals surface area contributed by atoms with E-state index < -0.39 is 8.07 Å². The third-order valence-corrected chi connectivity index (χ3v) is 9.47. The van der Waals surface area contributed by atoms with E-state index in [0.717, 1.165) is 0 Å². The van der Waals surface area contributed by atoms with Crippen LogP contribution in [0.3, 0.4) is 0 Å². The van der Waals surface area contributed by atoms with Crippen molar-refractivity contribution in [2.45, 2.75) is 72.1 Å². The van der Waals surface area contributed by atoms with Gasteiger partial charge in [0.1, 0.15) is 0 Å². The molecule has 0 heterocycles. The lowest BCUT2D eigenvalue weighted by Crippen LogP contribution is -2.32. The van der Waals surface area contributed by atoms with E-state index in [9.17, 15) is 0 Å². The molecule has 0 aliphatic rings. The quantitative estimate of drug-likeness (QED) is 0.552. The highest BCUT2D eigenvalue weighted by atomic mass is 28.3. The van der Waals surface area contributed by atoms with Crippen molar-refractivity contribution in [1.82, 2.24) is 0 Å². The summed E-state index contributed by atoms with van der Waals surface area (Å²) in [6.07, 6.45) is 1.43. The van der Waals surface area contributed by atoms with Crippen LogP contribution >= 0.6 is 0 Å². The first-order valence-corrected chi connectivity index (χ1v) is 8.72. The first-order valence-electron chi connectivity index (χ1n) is 5.89. The Labute approximate surface area is 86.1 Å². The van der Waals surface area contributed by atoms with Crippen LogP contribution in [0.25, 0.3) is 0 Å². The van der Waals surface area contributed by atoms with Crippen LogP contribution in [0.4, 0.5) is 0 Å². The molecule has 1 heteroatoms. The minimum Gasteiger partial charge on any atom is -0.0678 e.